The molecule has 2 rings (SSSR count). The summed E-state index contributed by atoms with van der Waals surface area (Å²) in [5, 5.41) is 21.0. The van der Waals surface area contributed by atoms with Gasteiger partial charge in [-0.05, 0) is 60.4 Å². The zero-order valence-corrected chi connectivity index (χ0v) is 17.7. The Morgan fingerprint density at radius 1 is 1.21 bits per heavy atom. The van der Waals surface area contributed by atoms with Gasteiger partial charge in [-0.1, -0.05) is 12.1 Å². The lowest BCUT2D eigenvalue weighted by atomic mass is 10.00. The molecule has 0 saturated heterocycles. The molecule has 0 aliphatic rings. The van der Waals surface area contributed by atoms with E-state index in [-0.39, 0.29) is 0 Å². The van der Waals surface area contributed by atoms with Crippen LogP contribution < -0.4 is 15.4 Å². The van der Waals surface area contributed by atoms with Crippen LogP contribution in [0.5, 0.6) is 5.75 Å². The zero-order chi connectivity index (χ0) is 20.2. The Morgan fingerprint density at radius 2 is 2.00 bits per heavy atom. The van der Waals surface area contributed by atoms with E-state index in [1.807, 2.05) is 48.0 Å². The third kappa shape index (κ3) is 7.50. The standard InChI is InChI=1S/C21H31N3O3S/c1-4-22-20(24-16-21(2,25)18-10-13-28-15-18)23-11-5-12-27-14-17-6-8-19(26-3)9-7-17/h6-10,13,15,25H,4-5,11-12,14,16H2,1-3H3,(H2,22,23,24). The summed E-state index contributed by atoms with van der Waals surface area (Å²) in [6.45, 7) is 6.86. The smallest absolute Gasteiger partial charge is 0.191 e. The van der Waals surface area contributed by atoms with E-state index < -0.39 is 5.60 Å². The van der Waals surface area contributed by atoms with E-state index in [0.29, 0.717) is 25.7 Å². The van der Waals surface area contributed by atoms with Crippen molar-refractivity contribution in [2.24, 2.45) is 4.99 Å². The number of ether oxygens (including phenoxy) is 2. The van der Waals surface area contributed by atoms with Crippen LogP contribution in [0.3, 0.4) is 0 Å². The molecule has 0 saturated carbocycles. The maximum Gasteiger partial charge on any atom is 0.191 e. The third-order valence-electron chi connectivity index (χ3n) is 4.22. The molecular formula is C21H31N3O3S. The molecule has 0 bridgehead atoms. The first-order chi connectivity index (χ1) is 13.5. The number of nitrogens with zero attached hydrogens (tertiary/aromatic N) is 1. The number of guanidine groups is 1. The highest BCUT2D eigenvalue weighted by Gasteiger charge is 2.23. The Bertz CT molecular complexity index is 700. The Morgan fingerprint density at radius 3 is 2.64 bits per heavy atom. The number of aliphatic imine (C=N–C) groups is 1. The zero-order valence-electron chi connectivity index (χ0n) is 16.9. The predicted molar refractivity (Wildman–Crippen MR) is 115 cm³/mol. The topological polar surface area (TPSA) is 75.1 Å². The minimum atomic E-state index is -0.968. The van der Waals surface area contributed by atoms with Gasteiger partial charge in [-0.2, -0.15) is 11.3 Å². The summed E-state index contributed by atoms with van der Waals surface area (Å²) in [5.41, 5.74) is 1.05. The normalized spacial score (nSPS) is 13.8. The molecule has 0 amide bonds. The molecule has 0 spiro atoms. The van der Waals surface area contributed by atoms with Crippen LogP contribution in [0, 0.1) is 0 Å². The average molecular weight is 406 g/mol. The van der Waals surface area contributed by atoms with Crippen molar-refractivity contribution in [2.45, 2.75) is 32.5 Å². The minimum Gasteiger partial charge on any atom is -0.497 e. The SMILES string of the molecule is CCNC(=NCC(C)(O)c1ccsc1)NCCCOCc1ccc(OC)cc1. The highest BCUT2D eigenvalue weighted by Crippen LogP contribution is 2.23. The second kappa shape index (κ2) is 11.7. The Balaban J connectivity index is 1.69. The molecule has 7 heteroatoms. The fourth-order valence-electron chi connectivity index (χ4n) is 2.53. The van der Waals surface area contributed by atoms with Gasteiger partial charge in [0.15, 0.2) is 5.96 Å². The second-order valence-corrected chi connectivity index (χ2v) is 7.44. The lowest BCUT2D eigenvalue weighted by Crippen LogP contribution is -2.39. The van der Waals surface area contributed by atoms with Crippen LogP contribution in [0.2, 0.25) is 0 Å². The molecule has 2 aromatic rings. The van der Waals surface area contributed by atoms with E-state index in [1.54, 1.807) is 25.4 Å². The highest BCUT2D eigenvalue weighted by molar-refractivity contribution is 7.08. The average Bonchev–Trinajstić information content (AvgIpc) is 3.25. The lowest BCUT2D eigenvalue weighted by Gasteiger charge is -2.21. The first kappa shape index (κ1) is 22.2. The van der Waals surface area contributed by atoms with Crippen LogP contribution in [-0.4, -0.2) is 44.4 Å². The van der Waals surface area contributed by atoms with Crippen LogP contribution in [0.25, 0.3) is 0 Å². The van der Waals surface area contributed by atoms with Gasteiger partial charge in [-0.25, -0.2) is 4.99 Å². The summed E-state index contributed by atoms with van der Waals surface area (Å²) in [5.74, 6) is 1.55. The summed E-state index contributed by atoms with van der Waals surface area (Å²) in [7, 11) is 1.66. The van der Waals surface area contributed by atoms with E-state index in [1.165, 1.54) is 0 Å². The van der Waals surface area contributed by atoms with E-state index in [2.05, 4.69) is 15.6 Å². The quantitative estimate of drug-likeness (QED) is 0.304. The number of nitrogens with one attached hydrogen (secondary N) is 2. The fourth-order valence-corrected chi connectivity index (χ4v) is 3.31. The predicted octanol–water partition coefficient (Wildman–Crippen LogP) is 3.13. The van der Waals surface area contributed by atoms with Gasteiger partial charge in [0.1, 0.15) is 11.4 Å². The van der Waals surface area contributed by atoms with Crippen LogP contribution in [0.1, 0.15) is 31.4 Å². The fraction of sp³-hybridized carbons (Fsp3) is 0.476. The van der Waals surface area contributed by atoms with E-state index >= 15 is 0 Å². The van der Waals surface area contributed by atoms with E-state index in [9.17, 15) is 5.11 Å². The molecular weight excluding hydrogens is 374 g/mol. The van der Waals surface area contributed by atoms with Crippen molar-refractivity contribution in [1.82, 2.24) is 10.6 Å². The molecule has 0 radical (unpaired) electrons. The number of aliphatic hydroxyl groups is 1. The molecule has 0 aliphatic carbocycles. The Kier molecular flexibility index (Phi) is 9.27. The first-order valence-corrected chi connectivity index (χ1v) is 10.5. The lowest BCUT2D eigenvalue weighted by molar-refractivity contribution is 0.0677. The maximum atomic E-state index is 10.6. The molecule has 1 atom stereocenters. The van der Waals surface area contributed by atoms with Crippen molar-refractivity contribution < 1.29 is 14.6 Å². The summed E-state index contributed by atoms with van der Waals surface area (Å²) in [6, 6.07) is 9.81. The number of methoxy groups -OCH3 is 1. The molecule has 1 aromatic heterocycles. The molecule has 28 heavy (non-hydrogen) atoms. The van der Waals surface area contributed by atoms with Crippen LogP contribution >= 0.6 is 11.3 Å². The second-order valence-electron chi connectivity index (χ2n) is 6.66. The monoisotopic (exact) mass is 405 g/mol. The van der Waals surface area contributed by atoms with Crippen molar-refractivity contribution in [3.63, 3.8) is 0 Å². The van der Waals surface area contributed by atoms with Crippen molar-refractivity contribution in [3.8, 4) is 5.75 Å². The Labute approximate surface area is 171 Å². The summed E-state index contributed by atoms with van der Waals surface area (Å²) >= 11 is 1.57. The maximum absolute atomic E-state index is 10.6. The van der Waals surface area contributed by atoms with Gasteiger partial charge in [0.05, 0.1) is 20.3 Å². The van der Waals surface area contributed by atoms with Gasteiger partial charge in [-0.15, -0.1) is 0 Å². The molecule has 154 valence electrons. The van der Waals surface area contributed by atoms with Gasteiger partial charge in [0.2, 0.25) is 0 Å². The first-order valence-electron chi connectivity index (χ1n) is 9.53. The summed E-state index contributed by atoms with van der Waals surface area (Å²) < 4.78 is 10.9. The van der Waals surface area contributed by atoms with Crippen molar-refractivity contribution in [1.29, 1.82) is 0 Å². The largest absolute Gasteiger partial charge is 0.497 e. The van der Waals surface area contributed by atoms with Crippen molar-refractivity contribution >= 4 is 17.3 Å². The van der Waals surface area contributed by atoms with Crippen molar-refractivity contribution in [3.05, 3.63) is 52.2 Å². The summed E-state index contributed by atoms with van der Waals surface area (Å²) in [6.07, 6.45) is 0.863. The molecule has 3 N–H and O–H groups in total. The Hall–Kier alpha value is -2.09. The van der Waals surface area contributed by atoms with Crippen LogP contribution in [-0.2, 0) is 16.9 Å². The van der Waals surface area contributed by atoms with Crippen LogP contribution in [0.15, 0.2) is 46.1 Å². The van der Waals surface area contributed by atoms with Crippen molar-refractivity contribution in [2.75, 3.05) is 33.4 Å². The molecule has 1 aromatic carbocycles. The minimum absolute atomic E-state index is 0.299. The molecule has 6 nitrogen and oxygen atoms in total. The van der Waals surface area contributed by atoms with Gasteiger partial charge in [-0.3, -0.25) is 0 Å². The summed E-state index contributed by atoms with van der Waals surface area (Å²) in [4.78, 5) is 4.52. The van der Waals surface area contributed by atoms with E-state index in [0.717, 1.165) is 36.4 Å². The third-order valence-corrected chi connectivity index (χ3v) is 4.90. The van der Waals surface area contributed by atoms with Crippen LogP contribution in [0.4, 0.5) is 0 Å². The van der Waals surface area contributed by atoms with Gasteiger partial charge in [0, 0.05) is 19.7 Å². The number of rotatable bonds is 11. The van der Waals surface area contributed by atoms with Gasteiger partial charge < -0.3 is 25.2 Å². The molecule has 0 aliphatic heterocycles. The number of benzene rings is 1. The number of hydrogen-bond donors (Lipinski definition) is 3. The molecule has 0 fully saturated rings. The van der Waals surface area contributed by atoms with E-state index in [4.69, 9.17) is 9.47 Å². The molecule has 1 unspecified atom stereocenters. The van der Waals surface area contributed by atoms with Gasteiger partial charge >= 0.3 is 0 Å². The van der Waals surface area contributed by atoms with Gasteiger partial charge in [0.25, 0.3) is 0 Å². The number of hydrogen-bond acceptors (Lipinski definition) is 5. The highest BCUT2D eigenvalue weighted by atomic mass is 32.1. The molecule has 1 heterocycles. The number of thiophene rings is 1.